The van der Waals surface area contributed by atoms with Crippen molar-refractivity contribution in [1.82, 2.24) is 24.6 Å². The van der Waals surface area contributed by atoms with Crippen LogP contribution in [-0.2, 0) is 11.4 Å². The molecule has 40 heavy (non-hydrogen) atoms. The standard InChI is InChI=1S/C31H30N6O3/c1-21(38)36-16-6-9-24(18-36)37-31-28(30(32)33-20-34-31)29(35-37)23-12-14-25(15-13-23)40-27-11-5-10-26(17-27)39-19-22-7-3-2-4-8-22/h2-5,7-8,10-15,17,20,24H,6,9,16,18-19H2,1H3,(H2,32,33,34)/t24-/m1/s1. The summed E-state index contributed by atoms with van der Waals surface area (Å²) >= 11 is 0. The average molecular weight is 535 g/mol. The third-order valence-electron chi connectivity index (χ3n) is 7.12. The summed E-state index contributed by atoms with van der Waals surface area (Å²) in [6, 6.07) is 25.3. The molecule has 2 aromatic heterocycles. The molecule has 0 radical (unpaired) electrons. The first-order valence-electron chi connectivity index (χ1n) is 13.3. The van der Waals surface area contributed by atoms with Gasteiger partial charge in [0.2, 0.25) is 5.91 Å². The molecule has 0 saturated carbocycles. The molecular formula is C31H30N6O3. The van der Waals surface area contributed by atoms with Crippen molar-refractivity contribution in [3.8, 4) is 28.5 Å². The molecule has 1 saturated heterocycles. The largest absolute Gasteiger partial charge is 0.489 e. The SMILES string of the molecule is CC(=O)N1CCC[C@@H](n2nc(-c3ccc(Oc4cccc(OCc5ccccc5)c4)cc3)c3c(N)ncnc32)C1. The van der Waals surface area contributed by atoms with E-state index in [2.05, 4.69) is 9.97 Å². The van der Waals surface area contributed by atoms with Gasteiger partial charge in [0.1, 0.15) is 41.7 Å². The van der Waals surface area contributed by atoms with Crippen LogP contribution in [0.1, 0.15) is 31.4 Å². The molecule has 9 heteroatoms. The van der Waals surface area contributed by atoms with Crippen LogP contribution in [-0.4, -0.2) is 43.6 Å². The minimum Gasteiger partial charge on any atom is -0.489 e. The summed E-state index contributed by atoms with van der Waals surface area (Å²) in [7, 11) is 0. The van der Waals surface area contributed by atoms with Crippen molar-refractivity contribution in [3.63, 3.8) is 0 Å². The van der Waals surface area contributed by atoms with E-state index in [0.29, 0.717) is 47.2 Å². The minimum absolute atomic E-state index is 0.0159. The van der Waals surface area contributed by atoms with Gasteiger partial charge in [-0.05, 0) is 54.8 Å². The molecular weight excluding hydrogens is 504 g/mol. The Morgan fingerprint density at radius 3 is 2.58 bits per heavy atom. The molecule has 1 aliphatic heterocycles. The number of amides is 1. The number of carbonyl (C=O) groups excluding carboxylic acids is 1. The fourth-order valence-electron chi connectivity index (χ4n) is 5.08. The van der Waals surface area contributed by atoms with Crippen molar-refractivity contribution in [2.45, 2.75) is 32.4 Å². The Balaban J connectivity index is 1.22. The predicted molar refractivity (Wildman–Crippen MR) is 153 cm³/mol. The second-order valence-corrected chi connectivity index (χ2v) is 9.89. The Bertz CT molecular complexity index is 1630. The van der Waals surface area contributed by atoms with E-state index in [1.54, 1.807) is 6.92 Å². The van der Waals surface area contributed by atoms with E-state index in [0.717, 1.165) is 36.3 Å². The van der Waals surface area contributed by atoms with Crippen molar-refractivity contribution in [3.05, 3.63) is 90.8 Å². The van der Waals surface area contributed by atoms with E-state index >= 15 is 0 Å². The molecule has 0 aliphatic carbocycles. The molecule has 0 spiro atoms. The Labute approximate surface area is 232 Å². The summed E-state index contributed by atoms with van der Waals surface area (Å²) < 4.78 is 14.0. The number of nitrogens with zero attached hydrogens (tertiary/aromatic N) is 5. The van der Waals surface area contributed by atoms with Gasteiger partial charge in [-0.15, -0.1) is 0 Å². The number of anilines is 1. The summed E-state index contributed by atoms with van der Waals surface area (Å²) in [4.78, 5) is 22.6. The number of ether oxygens (including phenoxy) is 2. The van der Waals surface area contributed by atoms with Gasteiger partial charge in [-0.1, -0.05) is 36.4 Å². The summed E-state index contributed by atoms with van der Waals surface area (Å²) in [5, 5.41) is 5.66. The molecule has 1 amide bonds. The maximum atomic E-state index is 12.0. The second-order valence-electron chi connectivity index (χ2n) is 9.89. The number of rotatable bonds is 7. The highest BCUT2D eigenvalue weighted by Gasteiger charge is 2.27. The van der Waals surface area contributed by atoms with Crippen LogP contribution in [0.2, 0.25) is 0 Å². The van der Waals surface area contributed by atoms with E-state index in [1.165, 1.54) is 6.33 Å². The lowest BCUT2D eigenvalue weighted by atomic mass is 10.1. The van der Waals surface area contributed by atoms with Gasteiger partial charge < -0.3 is 20.1 Å². The van der Waals surface area contributed by atoms with Crippen LogP contribution in [0.5, 0.6) is 17.2 Å². The number of likely N-dealkylation sites (tertiary alicyclic amines) is 1. The lowest BCUT2D eigenvalue weighted by Gasteiger charge is -2.32. The number of fused-ring (bicyclic) bond motifs is 1. The number of carbonyl (C=O) groups is 1. The molecule has 202 valence electrons. The maximum absolute atomic E-state index is 12.0. The van der Waals surface area contributed by atoms with Gasteiger partial charge in [0.25, 0.3) is 0 Å². The van der Waals surface area contributed by atoms with Crippen LogP contribution in [0.25, 0.3) is 22.3 Å². The summed E-state index contributed by atoms with van der Waals surface area (Å²) in [6.45, 7) is 3.45. The van der Waals surface area contributed by atoms with Crippen LogP contribution in [0.15, 0.2) is 85.2 Å². The number of hydrogen-bond donors (Lipinski definition) is 1. The fraction of sp³-hybridized carbons (Fsp3) is 0.226. The average Bonchev–Trinajstić information content (AvgIpc) is 3.38. The summed E-state index contributed by atoms with van der Waals surface area (Å²) in [5.74, 6) is 2.54. The van der Waals surface area contributed by atoms with Crippen LogP contribution < -0.4 is 15.2 Å². The number of benzene rings is 3. The van der Waals surface area contributed by atoms with Crippen LogP contribution in [0.4, 0.5) is 5.82 Å². The molecule has 9 nitrogen and oxygen atoms in total. The first-order chi connectivity index (χ1) is 19.5. The van der Waals surface area contributed by atoms with Crippen molar-refractivity contribution >= 4 is 22.8 Å². The van der Waals surface area contributed by atoms with Crippen LogP contribution in [0.3, 0.4) is 0 Å². The Morgan fingerprint density at radius 1 is 0.975 bits per heavy atom. The highest BCUT2D eigenvalue weighted by atomic mass is 16.5. The first kappa shape index (κ1) is 25.4. The summed E-state index contributed by atoms with van der Waals surface area (Å²) in [6.07, 6.45) is 3.27. The highest BCUT2D eigenvalue weighted by molar-refractivity contribution is 5.98. The lowest BCUT2D eigenvalue weighted by Crippen LogP contribution is -2.39. The number of aromatic nitrogens is 4. The van der Waals surface area contributed by atoms with E-state index in [1.807, 2.05) is 88.4 Å². The molecule has 0 unspecified atom stereocenters. The van der Waals surface area contributed by atoms with Crippen molar-refractivity contribution < 1.29 is 14.3 Å². The number of nitrogen functional groups attached to an aromatic ring is 1. The first-order valence-corrected chi connectivity index (χ1v) is 13.3. The zero-order valence-electron chi connectivity index (χ0n) is 22.2. The molecule has 6 rings (SSSR count). The predicted octanol–water partition coefficient (Wildman–Crippen LogP) is 5.63. The molecule has 2 N–H and O–H groups in total. The van der Waals surface area contributed by atoms with Gasteiger partial charge >= 0.3 is 0 Å². The van der Waals surface area contributed by atoms with Gasteiger partial charge in [0.15, 0.2) is 5.65 Å². The lowest BCUT2D eigenvalue weighted by molar-refractivity contribution is -0.130. The van der Waals surface area contributed by atoms with Gasteiger partial charge in [0.05, 0.1) is 11.4 Å². The highest BCUT2D eigenvalue weighted by Crippen LogP contribution is 2.35. The van der Waals surface area contributed by atoms with Crippen LogP contribution >= 0.6 is 0 Å². The Hall–Kier alpha value is -4.92. The molecule has 0 bridgehead atoms. The molecule has 3 heterocycles. The monoisotopic (exact) mass is 534 g/mol. The minimum atomic E-state index is 0.0159. The molecule has 1 fully saturated rings. The third kappa shape index (κ3) is 5.31. The third-order valence-corrected chi connectivity index (χ3v) is 7.12. The molecule has 1 aliphatic rings. The van der Waals surface area contributed by atoms with E-state index in [4.69, 9.17) is 20.3 Å². The van der Waals surface area contributed by atoms with Gasteiger partial charge in [-0.25, -0.2) is 14.6 Å². The number of nitrogens with two attached hydrogens (primary N) is 1. The fourth-order valence-corrected chi connectivity index (χ4v) is 5.08. The van der Waals surface area contributed by atoms with Gasteiger partial charge in [-0.2, -0.15) is 5.10 Å². The number of piperidine rings is 1. The van der Waals surface area contributed by atoms with Crippen molar-refractivity contribution in [2.24, 2.45) is 0 Å². The topological polar surface area (TPSA) is 108 Å². The summed E-state index contributed by atoms with van der Waals surface area (Å²) in [5.41, 5.74) is 9.67. The van der Waals surface area contributed by atoms with Crippen molar-refractivity contribution in [2.75, 3.05) is 18.8 Å². The zero-order valence-corrected chi connectivity index (χ0v) is 22.2. The van der Waals surface area contributed by atoms with E-state index < -0.39 is 0 Å². The van der Waals surface area contributed by atoms with Crippen molar-refractivity contribution in [1.29, 1.82) is 0 Å². The Morgan fingerprint density at radius 2 is 1.77 bits per heavy atom. The van der Waals surface area contributed by atoms with E-state index in [9.17, 15) is 4.79 Å². The molecule has 3 aromatic carbocycles. The van der Waals surface area contributed by atoms with Crippen LogP contribution in [0, 0.1) is 0 Å². The zero-order chi connectivity index (χ0) is 27.5. The second kappa shape index (κ2) is 11.1. The molecule has 5 aromatic rings. The van der Waals surface area contributed by atoms with Gasteiger partial charge in [-0.3, -0.25) is 4.79 Å². The van der Waals surface area contributed by atoms with Gasteiger partial charge in [0, 0.05) is 31.6 Å². The normalized spacial score (nSPS) is 15.2. The quantitative estimate of drug-likeness (QED) is 0.288. The maximum Gasteiger partial charge on any atom is 0.219 e. The Kier molecular flexibility index (Phi) is 7.01. The number of hydrogen-bond acceptors (Lipinski definition) is 7. The molecule has 1 atom stereocenters. The van der Waals surface area contributed by atoms with E-state index in [-0.39, 0.29) is 11.9 Å². The smallest absolute Gasteiger partial charge is 0.219 e.